The number of rotatable bonds is 38. The Hall–Kier alpha value is -2.07. The Bertz CT molecular complexity index is 1100. The molecule has 0 saturated heterocycles. The van der Waals surface area contributed by atoms with Crippen LogP contribution in [0.5, 0.6) is 0 Å². The van der Waals surface area contributed by atoms with Crippen LogP contribution in [0.1, 0.15) is 162 Å². The molecule has 320 valence electrons. The van der Waals surface area contributed by atoms with Gasteiger partial charge >= 0.3 is 11.9 Å². The lowest BCUT2D eigenvalue weighted by Gasteiger charge is -2.28. The molecular formula is C44H80NO9P. The predicted molar refractivity (Wildman–Crippen MR) is 223 cm³/mol. The van der Waals surface area contributed by atoms with Crippen LogP contribution in [-0.4, -0.2) is 81.2 Å². The molecule has 0 radical (unpaired) electrons. The zero-order valence-corrected chi connectivity index (χ0v) is 36.4. The summed E-state index contributed by atoms with van der Waals surface area (Å²) in [4.78, 5) is 37.5. The number of carbonyl (C=O) groups is 2. The molecule has 2 unspecified atom stereocenters. The van der Waals surface area contributed by atoms with E-state index in [-0.39, 0.29) is 26.1 Å². The molecule has 0 aromatic rings. The van der Waals surface area contributed by atoms with Crippen molar-refractivity contribution >= 4 is 19.8 Å². The van der Waals surface area contributed by atoms with Gasteiger partial charge in [0.25, 0.3) is 7.82 Å². The number of esters is 2. The molecule has 0 spiro atoms. The molecule has 0 aromatic carbocycles. The van der Waals surface area contributed by atoms with Gasteiger partial charge in [-0.05, 0) is 57.8 Å². The number of aliphatic hydroxyl groups is 1. The number of likely N-dealkylation sites (N-methyl/N-ethyl adjacent to an activating group) is 1. The molecule has 0 aliphatic heterocycles. The van der Waals surface area contributed by atoms with Gasteiger partial charge in [0.15, 0.2) is 6.10 Å². The number of hydrogen-bond donors (Lipinski definition) is 1. The summed E-state index contributed by atoms with van der Waals surface area (Å²) in [6, 6.07) is 0. The summed E-state index contributed by atoms with van der Waals surface area (Å²) in [6.07, 6.45) is 37.3. The number of quaternary nitrogens is 1. The van der Waals surface area contributed by atoms with Crippen molar-refractivity contribution in [2.75, 3.05) is 47.5 Å². The number of allylic oxidation sites excluding steroid dienone is 7. The minimum atomic E-state index is -4.65. The molecular weight excluding hydrogens is 717 g/mol. The van der Waals surface area contributed by atoms with Gasteiger partial charge < -0.3 is 33.0 Å². The molecule has 11 heteroatoms. The number of nitrogens with zero attached hydrogens (tertiary/aromatic N) is 1. The molecule has 3 atom stereocenters. The van der Waals surface area contributed by atoms with Gasteiger partial charge in [-0.3, -0.25) is 14.2 Å². The molecule has 55 heavy (non-hydrogen) atoms. The summed E-state index contributed by atoms with van der Waals surface area (Å²) in [7, 11) is 1.09. The average Bonchev–Trinajstić information content (AvgIpc) is 3.12. The summed E-state index contributed by atoms with van der Waals surface area (Å²) in [5.74, 6) is -0.919. The van der Waals surface area contributed by atoms with Gasteiger partial charge in [-0.15, -0.1) is 0 Å². The van der Waals surface area contributed by atoms with E-state index in [2.05, 4.69) is 44.2 Å². The summed E-state index contributed by atoms with van der Waals surface area (Å²) >= 11 is 0. The van der Waals surface area contributed by atoms with Crippen LogP contribution >= 0.6 is 7.82 Å². The zero-order chi connectivity index (χ0) is 40.9. The van der Waals surface area contributed by atoms with Crippen LogP contribution in [0.3, 0.4) is 0 Å². The Morgan fingerprint density at radius 3 is 1.89 bits per heavy atom. The monoisotopic (exact) mass is 798 g/mol. The third-order valence-electron chi connectivity index (χ3n) is 8.94. The number of aliphatic hydroxyl groups excluding tert-OH is 1. The van der Waals surface area contributed by atoms with E-state index in [4.69, 9.17) is 18.5 Å². The Balaban J connectivity index is 4.47. The van der Waals surface area contributed by atoms with E-state index in [1.54, 1.807) is 6.08 Å². The van der Waals surface area contributed by atoms with Crippen molar-refractivity contribution in [3.8, 4) is 0 Å². The molecule has 0 aromatic heterocycles. The van der Waals surface area contributed by atoms with Crippen molar-refractivity contribution in [2.24, 2.45) is 0 Å². The highest BCUT2D eigenvalue weighted by Crippen LogP contribution is 2.38. The molecule has 0 rings (SSSR count). The van der Waals surface area contributed by atoms with Gasteiger partial charge in [0.1, 0.15) is 19.8 Å². The van der Waals surface area contributed by atoms with Crippen molar-refractivity contribution in [3.05, 3.63) is 48.6 Å². The lowest BCUT2D eigenvalue weighted by molar-refractivity contribution is -0.870. The largest absolute Gasteiger partial charge is 0.756 e. The van der Waals surface area contributed by atoms with Crippen molar-refractivity contribution < 1.29 is 47.2 Å². The fourth-order valence-electron chi connectivity index (χ4n) is 5.54. The van der Waals surface area contributed by atoms with E-state index in [1.165, 1.54) is 51.4 Å². The number of ether oxygens (including phenoxy) is 2. The van der Waals surface area contributed by atoms with Crippen LogP contribution in [0.15, 0.2) is 48.6 Å². The van der Waals surface area contributed by atoms with E-state index in [9.17, 15) is 24.2 Å². The number of hydrogen-bond acceptors (Lipinski definition) is 9. The van der Waals surface area contributed by atoms with E-state index in [0.29, 0.717) is 30.3 Å². The fourth-order valence-corrected chi connectivity index (χ4v) is 6.27. The zero-order valence-electron chi connectivity index (χ0n) is 35.5. The minimum absolute atomic E-state index is 0.0511. The summed E-state index contributed by atoms with van der Waals surface area (Å²) < 4.78 is 33.8. The molecule has 10 nitrogen and oxygen atoms in total. The second kappa shape index (κ2) is 36.3. The second-order valence-electron chi connectivity index (χ2n) is 15.5. The summed E-state index contributed by atoms with van der Waals surface area (Å²) in [5.41, 5.74) is 0. The lowest BCUT2D eigenvalue weighted by Crippen LogP contribution is -2.37. The molecule has 0 fully saturated rings. The van der Waals surface area contributed by atoms with E-state index < -0.39 is 38.6 Å². The fraction of sp³-hybridized carbons (Fsp3) is 0.773. The molecule has 1 N–H and O–H groups in total. The molecule has 0 bridgehead atoms. The van der Waals surface area contributed by atoms with Crippen LogP contribution in [0.25, 0.3) is 0 Å². The molecule has 0 saturated carbocycles. The van der Waals surface area contributed by atoms with Crippen LogP contribution in [-0.2, 0) is 32.7 Å². The standard InChI is InChI=1S/C44H80NO9P/c1-6-8-10-12-14-15-16-17-18-19-20-21-23-27-31-35-43(47)51-39-42(40-53-55(49,50)52-38-37-45(3,4)5)54-44(48)36-32-28-24-26-30-34-41(46)33-29-25-22-13-11-9-7-2/h9,11,15-16,22,25,29,33,41-42,46H,6-8,10,12-14,17-21,23-24,26-28,30-32,34-40H2,1-5H3/b11-9+,16-15-,25-22+,33-29+/t41?,42-/m1/s1. The molecule has 0 aliphatic rings. The Morgan fingerprint density at radius 1 is 0.691 bits per heavy atom. The first-order valence-electron chi connectivity index (χ1n) is 21.5. The highest BCUT2D eigenvalue weighted by molar-refractivity contribution is 7.45. The first-order valence-corrected chi connectivity index (χ1v) is 22.9. The smallest absolute Gasteiger partial charge is 0.306 e. The van der Waals surface area contributed by atoms with Gasteiger partial charge in [0.05, 0.1) is 33.9 Å². The highest BCUT2D eigenvalue weighted by Gasteiger charge is 2.21. The van der Waals surface area contributed by atoms with E-state index >= 15 is 0 Å². The van der Waals surface area contributed by atoms with Crippen LogP contribution in [0.4, 0.5) is 0 Å². The Kier molecular flexibility index (Phi) is 34.9. The number of unbranched alkanes of at least 4 members (excludes halogenated alkanes) is 15. The van der Waals surface area contributed by atoms with Crippen LogP contribution in [0.2, 0.25) is 0 Å². The number of phosphoric ester groups is 1. The van der Waals surface area contributed by atoms with Crippen LogP contribution in [0, 0.1) is 0 Å². The van der Waals surface area contributed by atoms with Gasteiger partial charge in [-0.25, -0.2) is 0 Å². The highest BCUT2D eigenvalue weighted by atomic mass is 31.2. The van der Waals surface area contributed by atoms with Gasteiger partial charge in [-0.2, -0.15) is 0 Å². The number of carbonyl (C=O) groups excluding carboxylic acids is 2. The minimum Gasteiger partial charge on any atom is -0.756 e. The predicted octanol–water partition coefficient (Wildman–Crippen LogP) is 10.2. The first-order chi connectivity index (χ1) is 26.4. The second-order valence-corrected chi connectivity index (χ2v) is 16.9. The topological polar surface area (TPSA) is 131 Å². The lowest BCUT2D eigenvalue weighted by atomic mass is 10.1. The van der Waals surface area contributed by atoms with Gasteiger partial charge in [0.2, 0.25) is 0 Å². The Labute approximate surface area is 336 Å². The van der Waals surface area contributed by atoms with Crippen molar-refractivity contribution in [2.45, 2.75) is 174 Å². The summed E-state index contributed by atoms with van der Waals surface area (Å²) in [5, 5.41) is 10.1. The summed E-state index contributed by atoms with van der Waals surface area (Å²) in [6.45, 7) is 3.95. The van der Waals surface area contributed by atoms with Gasteiger partial charge in [-0.1, -0.05) is 140 Å². The third kappa shape index (κ3) is 39.9. The maximum absolute atomic E-state index is 12.7. The Morgan fingerprint density at radius 2 is 1.27 bits per heavy atom. The van der Waals surface area contributed by atoms with E-state index in [0.717, 1.165) is 64.2 Å². The maximum atomic E-state index is 12.7. The molecule has 0 heterocycles. The van der Waals surface area contributed by atoms with Crippen molar-refractivity contribution in [1.29, 1.82) is 0 Å². The molecule has 0 aliphatic carbocycles. The first kappa shape index (κ1) is 52.9. The SMILES string of the molecule is CC/C=C/C/C=C/C=C/C(O)CCCCCCCC(=O)O[C@H](COC(=O)CCCCCCCCC/C=C\CCCCCC)COP(=O)([O-])OCC[N+](C)(C)C. The van der Waals surface area contributed by atoms with Crippen LogP contribution < -0.4 is 4.89 Å². The third-order valence-corrected chi connectivity index (χ3v) is 9.90. The van der Waals surface area contributed by atoms with Gasteiger partial charge in [0, 0.05) is 12.8 Å². The van der Waals surface area contributed by atoms with Crippen molar-refractivity contribution in [1.82, 2.24) is 0 Å². The quantitative estimate of drug-likeness (QED) is 0.0162. The van der Waals surface area contributed by atoms with Crippen molar-refractivity contribution in [3.63, 3.8) is 0 Å². The maximum Gasteiger partial charge on any atom is 0.306 e. The molecule has 0 amide bonds. The normalized spacial score (nSPS) is 14.7. The van der Waals surface area contributed by atoms with E-state index in [1.807, 2.05) is 33.3 Å². The number of phosphoric acid groups is 1. The average molecular weight is 798 g/mol.